The van der Waals surface area contributed by atoms with E-state index < -0.39 is 0 Å². The fourth-order valence-electron chi connectivity index (χ4n) is 3.47. The summed E-state index contributed by atoms with van der Waals surface area (Å²) in [7, 11) is 1.62. The molecule has 164 valence electrons. The number of aryl methyl sites for hydroxylation is 1. The van der Waals surface area contributed by atoms with Crippen molar-refractivity contribution in [3.63, 3.8) is 0 Å². The fourth-order valence-corrected chi connectivity index (χ4v) is 4.29. The van der Waals surface area contributed by atoms with Crippen molar-refractivity contribution in [2.45, 2.75) is 25.0 Å². The van der Waals surface area contributed by atoms with Gasteiger partial charge in [0.15, 0.2) is 5.16 Å². The topological polar surface area (TPSA) is 89.0 Å². The summed E-state index contributed by atoms with van der Waals surface area (Å²) in [5.41, 5.74) is 3.39. The third-order valence-corrected chi connectivity index (χ3v) is 6.03. The van der Waals surface area contributed by atoms with Crippen LogP contribution in [-0.4, -0.2) is 33.3 Å². The van der Waals surface area contributed by atoms with Crippen LogP contribution in [0.15, 0.2) is 70.6 Å². The van der Waals surface area contributed by atoms with E-state index in [4.69, 9.17) is 4.74 Å². The minimum Gasteiger partial charge on any atom is -0.497 e. The van der Waals surface area contributed by atoms with Crippen LogP contribution in [-0.2, 0) is 4.79 Å². The molecular formula is C24H24N4O3S. The van der Waals surface area contributed by atoms with Crippen molar-refractivity contribution in [3.8, 4) is 11.4 Å². The van der Waals surface area contributed by atoms with Crippen LogP contribution < -0.4 is 15.6 Å². The van der Waals surface area contributed by atoms with Gasteiger partial charge in [-0.1, -0.05) is 42.1 Å². The summed E-state index contributed by atoms with van der Waals surface area (Å²) in [5, 5.41) is 3.47. The number of carbonyl (C=O) groups excluding carboxylic acids is 1. The number of thioether (sulfide) groups is 1. The predicted molar refractivity (Wildman–Crippen MR) is 127 cm³/mol. The number of H-pyrrole nitrogens is 1. The molecule has 1 atom stereocenters. The molecule has 8 heteroatoms. The minimum atomic E-state index is -0.191. The molecule has 0 bridgehead atoms. The van der Waals surface area contributed by atoms with Crippen LogP contribution in [0.3, 0.4) is 0 Å². The lowest BCUT2D eigenvalue weighted by Gasteiger charge is -2.15. The molecular weight excluding hydrogens is 424 g/mol. The number of carbonyl (C=O) groups is 1. The summed E-state index contributed by atoms with van der Waals surface area (Å²) in [4.78, 5) is 33.6. The molecule has 1 unspecified atom stereocenters. The number of methoxy groups -OCH3 is 1. The summed E-state index contributed by atoms with van der Waals surface area (Å²) < 4.78 is 6.72. The number of nitrogens with zero attached hydrogens (tertiary/aromatic N) is 2. The number of hydrogen-bond acceptors (Lipinski definition) is 5. The SMILES string of the molecule is COc1ccc(C(C)NC(=O)CSc2nc3cc(C)[nH]c3c(=O)n2-c2ccccc2)cc1. The maximum absolute atomic E-state index is 13.2. The molecule has 32 heavy (non-hydrogen) atoms. The molecule has 0 aliphatic rings. The molecule has 2 heterocycles. The van der Waals surface area contributed by atoms with E-state index in [2.05, 4.69) is 15.3 Å². The zero-order chi connectivity index (χ0) is 22.7. The first-order valence-corrected chi connectivity index (χ1v) is 11.2. The van der Waals surface area contributed by atoms with Crippen molar-refractivity contribution in [3.05, 3.63) is 82.3 Å². The third-order valence-electron chi connectivity index (χ3n) is 5.10. The Balaban J connectivity index is 1.55. The molecule has 0 saturated heterocycles. The number of ether oxygens (including phenoxy) is 1. The van der Waals surface area contributed by atoms with Crippen LogP contribution in [0.2, 0.25) is 0 Å². The van der Waals surface area contributed by atoms with E-state index in [-0.39, 0.29) is 23.3 Å². The first-order valence-electron chi connectivity index (χ1n) is 10.2. The lowest BCUT2D eigenvalue weighted by atomic mass is 10.1. The van der Waals surface area contributed by atoms with Gasteiger partial charge in [0.25, 0.3) is 5.56 Å². The normalized spacial score (nSPS) is 12.0. The Morgan fingerprint density at radius 2 is 1.91 bits per heavy atom. The van der Waals surface area contributed by atoms with Gasteiger partial charge in [-0.2, -0.15) is 0 Å². The van der Waals surface area contributed by atoms with Gasteiger partial charge in [0.2, 0.25) is 5.91 Å². The average Bonchev–Trinajstić information content (AvgIpc) is 3.19. The standard InChI is InChI=1S/C24H24N4O3S/c1-15-13-20-22(25-15)23(30)28(18-7-5-4-6-8-18)24(27-20)32-14-21(29)26-16(2)17-9-11-19(31-3)12-10-17/h4-13,16,25H,14H2,1-3H3,(H,26,29). The Morgan fingerprint density at radius 1 is 1.19 bits per heavy atom. The lowest BCUT2D eigenvalue weighted by Crippen LogP contribution is -2.29. The molecule has 0 radical (unpaired) electrons. The summed E-state index contributed by atoms with van der Waals surface area (Å²) >= 11 is 1.24. The molecule has 2 aromatic heterocycles. The number of aromatic nitrogens is 3. The van der Waals surface area contributed by atoms with E-state index in [1.165, 1.54) is 11.8 Å². The van der Waals surface area contributed by atoms with E-state index in [1.54, 1.807) is 11.7 Å². The van der Waals surface area contributed by atoms with Gasteiger partial charge >= 0.3 is 0 Å². The second kappa shape index (κ2) is 9.32. The van der Waals surface area contributed by atoms with Gasteiger partial charge < -0.3 is 15.0 Å². The highest BCUT2D eigenvalue weighted by Gasteiger charge is 2.17. The first-order chi connectivity index (χ1) is 15.5. The first kappa shape index (κ1) is 21.7. The number of hydrogen-bond donors (Lipinski definition) is 2. The molecule has 0 saturated carbocycles. The molecule has 2 aromatic carbocycles. The monoisotopic (exact) mass is 448 g/mol. The number of para-hydroxylation sites is 1. The highest BCUT2D eigenvalue weighted by molar-refractivity contribution is 7.99. The van der Waals surface area contributed by atoms with Gasteiger partial charge in [-0.05, 0) is 49.7 Å². The Kier molecular flexibility index (Phi) is 6.32. The van der Waals surface area contributed by atoms with Crippen molar-refractivity contribution < 1.29 is 9.53 Å². The zero-order valence-electron chi connectivity index (χ0n) is 18.1. The van der Waals surface area contributed by atoms with Crippen molar-refractivity contribution >= 4 is 28.7 Å². The summed E-state index contributed by atoms with van der Waals surface area (Å²) in [6.07, 6.45) is 0. The Labute approximate surface area is 189 Å². The van der Waals surface area contributed by atoms with Gasteiger partial charge in [0.1, 0.15) is 11.3 Å². The average molecular weight is 449 g/mol. The quantitative estimate of drug-likeness (QED) is 0.330. The van der Waals surface area contributed by atoms with Gasteiger partial charge in [0.05, 0.1) is 30.1 Å². The van der Waals surface area contributed by atoms with Gasteiger partial charge in [0, 0.05) is 5.69 Å². The maximum atomic E-state index is 13.2. The number of benzene rings is 2. The number of amides is 1. The van der Waals surface area contributed by atoms with Crippen LogP contribution in [0.4, 0.5) is 0 Å². The van der Waals surface area contributed by atoms with Gasteiger partial charge in [-0.3, -0.25) is 14.2 Å². The number of nitrogens with one attached hydrogen (secondary N) is 2. The van der Waals surface area contributed by atoms with Crippen LogP contribution >= 0.6 is 11.8 Å². The lowest BCUT2D eigenvalue weighted by molar-refractivity contribution is -0.119. The van der Waals surface area contributed by atoms with Crippen LogP contribution in [0.1, 0.15) is 24.2 Å². The van der Waals surface area contributed by atoms with E-state index >= 15 is 0 Å². The number of rotatable bonds is 7. The molecule has 7 nitrogen and oxygen atoms in total. The van der Waals surface area contributed by atoms with Crippen LogP contribution in [0, 0.1) is 6.92 Å². The molecule has 4 rings (SSSR count). The largest absolute Gasteiger partial charge is 0.497 e. The van der Waals surface area contributed by atoms with Gasteiger partial charge in [-0.15, -0.1) is 0 Å². The summed E-state index contributed by atoms with van der Waals surface area (Å²) in [6, 6.07) is 18.6. The van der Waals surface area contributed by atoms with Crippen molar-refractivity contribution in [2.75, 3.05) is 12.9 Å². The second-order valence-electron chi connectivity index (χ2n) is 7.43. The number of aromatic amines is 1. The van der Waals surface area contributed by atoms with Crippen LogP contribution in [0.25, 0.3) is 16.7 Å². The molecule has 1 amide bonds. The zero-order valence-corrected chi connectivity index (χ0v) is 18.9. The summed E-state index contributed by atoms with van der Waals surface area (Å²) in [6.45, 7) is 3.81. The van der Waals surface area contributed by atoms with E-state index in [9.17, 15) is 9.59 Å². The molecule has 2 N–H and O–H groups in total. The summed E-state index contributed by atoms with van der Waals surface area (Å²) in [5.74, 6) is 0.759. The third kappa shape index (κ3) is 4.55. The Bertz CT molecular complexity index is 1300. The molecule has 0 aliphatic carbocycles. The fraction of sp³-hybridized carbons (Fsp3) is 0.208. The Morgan fingerprint density at radius 3 is 2.59 bits per heavy atom. The predicted octanol–water partition coefficient (Wildman–Crippen LogP) is 4.00. The van der Waals surface area contributed by atoms with Crippen molar-refractivity contribution in [1.82, 2.24) is 19.9 Å². The maximum Gasteiger partial charge on any atom is 0.283 e. The highest BCUT2D eigenvalue weighted by atomic mass is 32.2. The van der Waals surface area contributed by atoms with Gasteiger partial charge in [-0.25, -0.2) is 4.98 Å². The molecule has 0 fully saturated rings. The number of fused-ring (bicyclic) bond motifs is 1. The Hall–Kier alpha value is -3.52. The highest BCUT2D eigenvalue weighted by Crippen LogP contribution is 2.22. The molecule has 4 aromatic rings. The van der Waals surface area contributed by atoms with Crippen molar-refractivity contribution in [1.29, 1.82) is 0 Å². The van der Waals surface area contributed by atoms with Crippen LogP contribution in [0.5, 0.6) is 5.75 Å². The molecule has 0 spiro atoms. The smallest absolute Gasteiger partial charge is 0.283 e. The van der Waals surface area contributed by atoms with Crippen molar-refractivity contribution in [2.24, 2.45) is 0 Å². The molecule has 0 aliphatic heterocycles. The van der Waals surface area contributed by atoms with E-state index in [0.29, 0.717) is 21.9 Å². The van der Waals surface area contributed by atoms with E-state index in [0.717, 1.165) is 17.0 Å². The minimum absolute atomic E-state index is 0.134. The van der Waals surface area contributed by atoms with E-state index in [1.807, 2.05) is 74.5 Å². The second-order valence-corrected chi connectivity index (χ2v) is 8.38.